The van der Waals surface area contributed by atoms with Gasteiger partial charge >= 0.3 is 5.97 Å². The van der Waals surface area contributed by atoms with Crippen LogP contribution < -0.4 is 0 Å². The minimum atomic E-state index is -0.967. The number of carboxylic acid groups (broad SMARTS) is 1. The van der Waals surface area contributed by atoms with Gasteiger partial charge in [0.1, 0.15) is 5.82 Å². The van der Waals surface area contributed by atoms with Crippen LogP contribution in [0.1, 0.15) is 22.0 Å². The Morgan fingerprint density at radius 2 is 1.88 bits per heavy atom. The third-order valence-corrected chi connectivity index (χ3v) is 4.72. The van der Waals surface area contributed by atoms with Gasteiger partial charge in [0.15, 0.2) is 0 Å². The predicted octanol–water partition coefficient (Wildman–Crippen LogP) is 4.20. The Bertz CT molecular complexity index is 921. The van der Waals surface area contributed by atoms with E-state index >= 15 is 0 Å². The zero-order chi connectivity index (χ0) is 18.7. The van der Waals surface area contributed by atoms with Crippen molar-refractivity contribution in [2.45, 2.75) is 12.6 Å². The number of benzene rings is 2. The van der Waals surface area contributed by atoms with Crippen molar-refractivity contribution in [1.82, 2.24) is 14.5 Å². The lowest BCUT2D eigenvalue weighted by molar-refractivity contribution is 0.0697. The minimum Gasteiger partial charge on any atom is -0.478 e. The number of carbonyl (C=O) groups is 1. The van der Waals surface area contributed by atoms with Crippen LogP contribution in [-0.2, 0) is 6.54 Å². The van der Waals surface area contributed by atoms with Gasteiger partial charge in [0.05, 0.1) is 11.6 Å². The van der Waals surface area contributed by atoms with Gasteiger partial charge < -0.3 is 14.6 Å². The molecule has 0 aliphatic heterocycles. The van der Waals surface area contributed by atoms with Gasteiger partial charge in [0, 0.05) is 29.5 Å². The summed E-state index contributed by atoms with van der Waals surface area (Å²) in [5.74, 6) is -0.340. The highest BCUT2D eigenvalue weighted by Gasteiger charge is 2.21. The first-order valence-corrected chi connectivity index (χ1v) is 8.61. The summed E-state index contributed by atoms with van der Waals surface area (Å²) in [5, 5.41) is 10.2. The lowest BCUT2D eigenvalue weighted by atomic mass is 10.0. The summed E-state index contributed by atoms with van der Waals surface area (Å²) >= 11 is 6.40. The lowest BCUT2D eigenvalue weighted by Gasteiger charge is -2.27. The fourth-order valence-electron chi connectivity index (χ4n) is 3.04. The van der Waals surface area contributed by atoms with Crippen molar-refractivity contribution in [3.05, 3.63) is 77.1 Å². The molecule has 134 valence electrons. The van der Waals surface area contributed by atoms with Crippen LogP contribution in [0.15, 0.2) is 60.9 Å². The smallest absolute Gasteiger partial charge is 0.336 e. The highest BCUT2D eigenvalue weighted by molar-refractivity contribution is 6.31. The highest BCUT2D eigenvalue weighted by Crippen LogP contribution is 2.30. The van der Waals surface area contributed by atoms with E-state index in [0.717, 1.165) is 5.56 Å². The molecule has 0 bridgehead atoms. The molecular formula is C20H20ClN3O2. The molecule has 3 rings (SSSR count). The van der Waals surface area contributed by atoms with Gasteiger partial charge in [-0.05, 0) is 31.8 Å². The fraction of sp³-hybridized carbons (Fsp3) is 0.200. The van der Waals surface area contributed by atoms with Gasteiger partial charge in [-0.2, -0.15) is 0 Å². The van der Waals surface area contributed by atoms with Crippen molar-refractivity contribution >= 4 is 17.6 Å². The molecule has 1 heterocycles. The molecule has 0 fully saturated rings. The van der Waals surface area contributed by atoms with Gasteiger partial charge in [-0.1, -0.05) is 48.0 Å². The molecule has 0 saturated heterocycles. The molecule has 5 nitrogen and oxygen atoms in total. The van der Waals surface area contributed by atoms with Crippen LogP contribution in [0.4, 0.5) is 0 Å². The van der Waals surface area contributed by atoms with Gasteiger partial charge in [-0.15, -0.1) is 0 Å². The number of halogens is 1. The third-order valence-electron chi connectivity index (χ3n) is 4.37. The van der Waals surface area contributed by atoms with Crippen molar-refractivity contribution in [2.24, 2.45) is 0 Å². The molecule has 3 aromatic rings. The number of hydrogen-bond acceptors (Lipinski definition) is 3. The average molecular weight is 370 g/mol. The lowest BCUT2D eigenvalue weighted by Crippen LogP contribution is -2.25. The SMILES string of the molecule is CN(C)[C@@H](Cn1ccnc1-c1ccccc1C(=O)O)c1ccccc1Cl. The van der Waals surface area contributed by atoms with Crippen molar-refractivity contribution < 1.29 is 9.90 Å². The topological polar surface area (TPSA) is 58.4 Å². The van der Waals surface area contributed by atoms with E-state index in [0.29, 0.717) is 23.0 Å². The number of imidazole rings is 1. The molecule has 0 amide bonds. The van der Waals surface area contributed by atoms with Crippen LogP contribution in [0.5, 0.6) is 0 Å². The van der Waals surface area contributed by atoms with Crippen molar-refractivity contribution in [2.75, 3.05) is 14.1 Å². The molecule has 0 unspecified atom stereocenters. The molecule has 0 aliphatic rings. The summed E-state index contributed by atoms with van der Waals surface area (Å²) in [5.41, 5.74) is 1.85. The van der Waals surface area contributed by atoms with E-state index in [4.69, 9.17) is 11.6 Å². The standard InChI is InChI=1S/C20H20ClN3O2/c1-23(2)18(16-9-5-6-10-17(16)21)13-24-12-11-22-19(24)14-7-3-4-8-15(14)20(25)26/h3-12,18H,13H2,1-2H3,(H,25,26)/t18-/m0/s1. The summed E-state index contributed by atoms with van der Waals surface area (Å²) in [4.78, 5) is 18.1. The maximum absolute atomic E-state index is 11.6. The molecule has 1 N–H and O–H groups in total. The average Bonchev–Trinajstić information content (AvgIpc) is 3.08. The second-order valence-corrected chi connectivity index (χ2v) is 6.66. The van der Waals surface area contributed by atoms with E-state index in [-0.39, 0.29) is 11.6 Å². The number of hydrogen-bond donors (Lipinski definition) is 1. The van der Waals surface area contributed by atoms with Crippen LogP contribution in [0.3, 0.4) is 0 Å². The van der Waals surface area contributed by atoms with Gasteiger partial charge in [-0.3, -0.25) is 0 Å². The maximum atomic E-state index is 11.6. The van der Waals surface area contributed by atoms with E-state index in [1.54, 1.807) is 24.4 Å². The summed E-state index contributed by atoms with van der Waals surface area (Å²) < 4.78 is 1.97. The van der Waals surface area contributed by atoms with E-state index in [2.05, 4.69) is 9.88 Å². The van der Waals surface area contributed by atoms with Crippen molar-refractivity contribution in [3.8, 4) is 11.4 Å². The normalized spacial score (nSPS) is 12.3. The molecule has 0 saturated carbocycles. The number of aromatic carboxylic acids is 1. The molecule has 1 atom stereocenters. The summed E-state index contributed by atoms with van der Waals surface area (Å²) in [6.07, 6.45) is 3.55. The third kappa shape index (κ3) is 3.64. The molecular weight excluding hydrogens is 350 g/mol. The van der Waals surface area contributed by atoms with E-state index < -0.39 is 5.97 Å². The number of aromatic nitrogens is 2. The Hall–Kier alpha value is -2.63. The minimum absolute atomic E-state index is 0.0219. The Labute approximate surface area is 157 Å². The fourth-order valence-corrected chi connectivity index (χ4v) is 3.30. The summed E-state index contributed by atoms with van der Waals surface area (Å²) in [6.45, 7) is 0.597. The van der Waals surface area contributed by atoms with Crippen LogP contribution in [0, 0.1) is 0 Å². The van der Waals surface area contributed by atoms with E-state index in [9.17, 15) is 9.90 Å². The van der Waals surface area contributed by atoms with Gasteiger partial charge in [-0.25, -0.2) is 9.78 Å². The molecule has 1 aromatic heterocycles. The van der Waals surface area contributed by atoms with E-state index in [1.165, 1.54) is 0 Å². The van der Waals surface area contributed by atoms with Crippen molar-refractivity contribution in [1.29, 1.82) is 0 Å². The van der Waals surface area contributed by atoms with Crippen LogP contribution in [0.2, 0.25) is 5.02 Å². The quantitative estimate of drug-likeness (QED) is 0.707. The zero-order valence-corrected chi connectivity index (χ0v) is 15.4. The highest BCUT2D eigenvalue weighted by atomic mass is 35.5. The molecule has 0 radical (unpaired) electrons. The number of nitrogens with zero attached hydrogens (tertiary/aromatic N) is 3. The Morgan fingerprint density at radius 1 is 1.19 bits per heavy atom. The summed E-state index contributed by atoms with van der Waals surface area (Å²) in [7, 11) is 3.99. The number of rotatable bonds is 6. The van der Waals surface area contributed by atoms with Crippen LogP contribution >= 0.6 is 11.6 Å². The maximum Gasteiger partial charge on any atom is 0.336 e. The second-order valence-electron chi connectivity index (χ2n) is 6.25. The molecule has 0 spiro atoms. The largest absolute Gasteiger partial charge is 0.478 e. The zero-order valence-electron chi connectivity index (χ0n) is 14.6. The first-order valence-electron chi connectivity index (χ1n) is 8.23. The molecule has 2 aromatic carbocycles. The first-order chi connectivity index (χ1) is 12.5. The molecule has 26 heavy (non-hydrogen) atoms. The Balaban J connectivity index is 2.01. The molecule has 6 heteroatoms. The van der Waals surface area contributed by atoms with Gasteiger partial charge in [0.2, 0.25) is 0 Å². The van der Waals surface area contributed by atoms with Crippen LogP contribution in [0.25, 0.3) is 11.4 Å². The Morgan fingerprint density at radius 3 is 2.58 bits per heavy atom. The van der Waals surface area contributed by atoms with Crippen LogP contribution in [-0.4, -0.2) is 39.6 Å². The van der Waals surface area contributed by atoms with E-state index in [1.807, 2.05) is 55.2 Å². The summed E-state index contributed by atoms with van der Waals surface area (Å²) in [6, 6.07) is 14.7. The number of likely N-dealkylation sites (N-methyl/N-ethyl adjacent to an activating group) is 1. The van der Waals surface area contributed by atoms with Crippen molar-refractivity contribution in [3.63, 3.8) is 0 Å². The molecule has 0 aliphatic carbocycles. The monoisotopic (exact) mass is 369 g/mol. The predicted molar refractivity (Wildman–Crippen MR) is 103 cm³/mol. The first kappa shape index (κ1) is 18.2. The van der Waals surface area contributed by atoms with Gasteiger partial charge in [0.25, 0.3) is 0 Å². The Kier molecular flexibility index (Phi) is 5.40. The number of carboxylic acids is 1. The second kappa shape index (κ2) is 7.72.